The Morgan fingerprint density at radius 2 is 1.68 bits per heavy atom. The van der Waals surface area contributed by atoms with Gasteiger partial charge in [-0.15, -0.1) is 0 Å². The lowest BCUT2D eigenvalue weighted by Gasteiger charge is -2.16. The van der Waals surface area contributed by atoms with E-state index >= 15 is 0 Å². The molecule has 1 atom stereocenters. The zero-order valence-electron chi connectivity index (χ0n) is 10.1. The summed E-state index contributed by atoms with van der Waals surface area (Å²) in [6.45, 7) is 0. The summed E-state index contributed by atoms with van der Waals surface area (Å²) in [6, 6.07) is 2.55. The molecular formula is C12H15F5N2. The summed E-state index contributed by atoms with van der Waals surface area (Å²) in [6.07, 6.45) is -4.85. The molecule has 0 radical (unpaired) electrons. The Labute approximate surface area is 107 Å². The van der Waals surface area contributed by atoms with Crippen molar-refractivity contribution in [1.82, 2.24) is 5.43 Å². The van der Waals surface area contributed by atoms with Crippen LogP contribution in [0.4, 0.5) is 22.0 Å². The summed E-state index contributed by atoms with van der Waals surface area (Å²) in [5, 5.41) is 0. The molecule has 0 heterocycles. The molecule has 19 heavy (non-hydrogen) atoms. The highest BCUT2D eigenvalue weighted by atomic mass is 19.4. The topological polar surface area (TPSA) is 38.0 Å². The van der Waals surface area contributed by atoms with Crippen LogP contribution >= 0.6 is 0 Å². The highest BCUT2D eigenvalue weighted by Crippen LogP contribution is 2.23. The van der Waals surface area contributed by atoms with Crippen LogP contribution in [0.15, 0.2) is 18.2 Å². The SMILES string of the molecule is NNC(CCCC(F)(F)F)Cc1cc(F)cc(F)c1. The normalized spacial score (nSPS) is 13.6. The molecule has 1 aromatic carbocycles. The molecule has 1 unspecified atom stereocenters. The van der Waals surface area contributed by atoms with E-state index in [2.05, 4.69) is 5.43 Å². The third-order valence-corrected chi connectivity index (χ3v) is 2.65. The van der Waals surface area contributed by atoms with Crippen molar-refractivity contribution in [3.63, 3.8) is 0 Å². The van der Waals surface area contributed by atoms with E-state index in [0.717, 1.165) is 18.2 Å². The van der Waals surface area contributed by atoms with Gasteiger partial charge in [-0.2, -0.15) is 13.2 Å². The molecule has 7 heteroatoms. The van der Waals surface area contributed by atoms with Crippen LogP contribution < -0.4 is 11.3 Å². The van der Waals surface area contributed by atoms with Crippen molar-refractivity contribution in [2.45, 2.75) is 37.9 Å². The monoisotopic (exact) mass is 282 g/mol. The van der Waals surface area contributed by atoms with E-state index in [4.69, 9.17) is 5.84 Å². The van der Waals surface area contributed by atoms with Crippen LogP contribution in [0, 0.1) is 11.6 Å². The summed E-state index contributed by atoms with van der Waals surface area (Å²) in [7, 11) is 0. The second-order valence-electron chi connectivity index (χ2n) is 4.35. The Hall–Kier alpha value is -1.21. The standard InChI is InChI=1S/C12H15F5N2/c13-9-4-8(5-10(14)7-9)6-11(19-18)2-1-3-12(15,16)17/h4-5,7,11,19H,1-3,6,18H2. The van der Waals surface area contributed by atoms with Crippen LogP contribution in [-0.2, 0) is 6.42 Å². The van der Waals surface area contributed by atoms with E-state index in [1.54, 1.807) is 0 Å². The molecule has 0 aliphatic carbocycles. The van der Waals surface area contributed by atoms with E-state index in [0.29, 0.717) is 5.56 Å². The zero-order chi connectivity index (χ0) is 14.5. The fourth-order valence-electron chi connectivity index (χ4n) is 1.81. The van der Waals surface area contributed by atoms with E-state index in [1.807, 2.05) is 0 Å². The fraction of sp³-hybridized carbons (Fsp3) is 0.500. The number of halogens is 5. The molecule has 2 nitrogen and oxygen atoms in total. The third-order valence-electron chi connectivity index (χ3n) is 2.65. The minimum absolute atomic E-state index is 0.0871. The van der Waals surface area contributed by atoms with E-state index in [1.165, 1.54) is 0 Å². The summed E-state index contributed by atoms with van der Waals surface area (Å²) in [5.74, 6) is 3.79. The molecule has 0 saturated heterocycles. The van der Waals surface area contributed by atoms with Crippen LogP contribution in [0.2, 0.25) is 0 Å². The molecule has 0 saturated carbocycles. The van der Waals surface area contributed by atoms with Crippen molar-refractivity contribution in [2.24, 2.45) is 5.84 Å². The number of benzene rings is 1. The molecule has 1 rings (SSSR count). The number of alkyl halides is 3. The van der Waals surface area contributed by atoms with Crippen LogP contribution in [0.25, 0.3) is 0 Å². The van der Waals surface area contributed by atoms with Crippen LogP contribution in [0.3, 0.4) is 0 Å². The first-order chi connectivity index (χ1) is 8.80. The third kappa shape index (κ3) is 6.49. The minimum Gasteiger partial charge on any atom is -0.271 e. The Morgan fingerprint density at radius 1 is 1.11 bits per heavy atom. The van der Waals surface area contributed by atoms with Gasteiger partial charge in [0.15, 0.2) is 0 Å². The van der Waals surface area contributed by atoms with Crippen molar-refractivity contribution >= 4 is 0 Å². The lowest BCUT2D eigenvalue weighted by Crippen LogP contribution is -2.37. The Balaban J connectivity index is 2.52. The molecule has 0 amide bonds. The largest absolute Gasteiger partial charge is 0.389 e. The van der Waals surface area contributed by atoms with Crippen molar-refractivity contribution in [2.75, 3.05) is 0 Å². The van der Waals surface area contributed by atoms with Gasteiger partial charge in [-0.3, -0.25) is 11.3 Å². The van der Waals surface area contributed by atoms with Crippen LogP contribution in [0.5, 0.6) is 0 Å². The summed E-state index contributed by atoms with van der Waals surface area (Å²) < 4.78 is 61.9. The summed E-state index contributed by atoms with van der Waals surface area (Å²) >= 11 is 0. The number of nitrogens with one attached hydrogen (secondary N) is 1. The van der Waals surface area contributed by atoms with Gasteiger partial charge >= 0.3 is 6.18 Å². The lowest BCUT2D eigenvalue weighted by molar-refractivity contribution is -0.135. The quantitative estimate of drug-likeness (QED) is 0.478. The van der Waals surface area contributed by atoms with E-state index in [-0.39, 0.29) is 19.3 Å². The molecule has 0 bridgehead atoms. The Bertz CT molecular complexity index is 385. The maximum atomic E-state index is 13.0. The van der Waals surface area contributed by atoms with Crippen molar-refractivity contribution in [1.29, 1.82) is 0 Å². The van der Waals surface area contributed by atoms with Crippen molar-refractivity contribution in [3.05, 3.63) is 35.4 Å². The average Bonchev–Trinajstić information content (AvgIpc) is 2.24. The molecule has 3 N–H and O–H groups in total. The predicted octanol–water partition coefficient (Wildman–Crippen LogP) is 3.07. The molecule has 0 aromatic heterocycles. The average molecular weight is 282 g/mol. The van der Waals surface area contributed by atoms with E-state index in [9.17, 15) is 22.0 Å². The van der Waals surface area contributed by atoms with Gasteiger partial charge in [0.2, 0.25) is 0 Å². The second-order valence-corrected chi connectivity index (χ2v) is 4.35. The van der Waals surface area contributed by atoms with Crippen LogP contribution in [0.1, 0.15) is 24.8 Å². The maximum Gasteiger partial charge on any atom is 0.389 e. The van der Waals surface area contributed by atoms with Gasteiger partial charge in [-0.05, 0) is 37.0 Å². The predicted molar refractivity (Wildman–Crippen MR) is 61.1 cm³/mol. The molecule has 0 aliphatic heterocycles. The lowest BCUT2D eigenvalue weighted by atomic mass is 10.0. The zero-order valence-corrected chi connectivity index (χ0v) is 10.1. The van der Waals surface area contributed by atoms with Gasteiger partial charge in [0.1, 0.15) is 11.6 Å². The molecule has 108 valence electrons. The molecule has 0 spiro atoms. The van der Waals surface area contributed by atoms with Crippen LogP contribution in [-0.4, -0.2) is 12.2 Å². The van der Waals surface area contributed by atoms with Gasteiger partial charge in [-0.1, -0.05) is 0 Å². The number of nitrogens with two attached hydrogens (primary N) is 1. The first-order valence-corrected chi connectivity index (χ1v) is 5.78. The molecule has 1 aromatic rings. The molecule has 0 fully saturated rings. The van der Waals surface area contributed by atoms with Gasteiger partial charge in [0, 0.05) is 18.5 Å². The first-order valence-electron chi connectivity index (χ1n) is 5.78. The van der Waals surface area contributed by atoms with Crippen molar-refractivity contribution < 1.29 is 22.0 Å². The molecule has 0 aliphatic rings. The van der Waals surface area contributed by atoms with Gasteiger partial charge in [-0.25, -0.2) is 8.78 Å². The Kier molecular flexibility index (Phi) is 5.68. The minimum atomic E-state index is -4.20. The van der Waals surface area contributed by atoms with Gasteiger partial charge in [0.25, 0.3) is 0 Å². The maximum absolute atomic E-state index is 13.0. The van der Waals surface area contributed by atoms with Crippen molar-refractivity contribution in [3.8, 4) is 0 Å². The summed E-state index contributed by atoms with van der Waals surface area (Å²) in [5.41, 5.74) is 2.72. The van der Waals surface area contributed by atoms with Gasteiger partial charge < -0.3 is 0 Å². The molecular weight excluding hydrogens is 267 g/mol. The number of hydrogen-bond acceptors (Lipinski definition) is 2. The summed E-state index contributed by atoms with van der Waals surface area (Å²) in [4.78, 5) is 0. The highest BCUT2D eigenvalue weighted by Gasteiger charge is 2.26. The Morgan fingerprint density at radius 3 is 2.16 bits per heavy atom. The second kappa shape index (κ2) is 6.81. The fourth-order valence-corrected chi connectivity index (χ4v) is 1.81. The first kappa shape index (κ1) is 15.8. The number of hydrazine groups is 1. The number of hydrogen-bond donors (Lipinski definition) is 2. The number of rotatable bonds is 6. The van der Waals surface area contributed by atoms with E-state index < -0.39 is 30.3 Å². The smallest absolute Gasteiger partial charge is 0.271 e. The van der Waals surface area contributed by atoms with Gasteiger partial charge in [0.05, 0.1) is 0 Å². The highest BCUT2D eigenvalue weighted by molar-refractivity contribution is 5.18.